The molecule has 0 bridgehead atoms. The number of aliphatic hydroxyl groups is 1. The molecule has 0 aromatic heterocycles. The van der Waals surface area contributed by atoms with E-state index in [1.807, 2.05) is 24.3 Å². The molecule has 1 aliphatic carbocycles. The summed E-state index contributed by atoms with van der Waals surface area (Å²) >= 11 is 7.77. The monoisotopic (exact) mass is 319 g/mol. The van der Waals surface area contributed by atoms with Gasteiger partial charge in [0.25, 0.3) is 0 Å². The van der Waals surface area contributed by atoms with Crippen LogP contribution in [0.15, 0.2) is 48.5 Å². The van der Waals surface area contributed by atoms with Crippen molar-refractivity contribution in [1.29, 1.82) is 0 Å². The number of thioether (sulfide) groups is 1. The summed E-state index contributed by atoms with van der Waals surface area (Å²) in [4.78, 5) is 4.59. The predicted molar refractivity (Wildman–Crippen MR) is 91.2 cm³/mol. The molecule has 1 heterocycles. The zero-order valence-corrected chi connectivity index (χ0v) is 13.3. The molecule has 1 N–H and O–H groups in total. The summed E-state index contributed by atoms with van der Waals surface area (Å²) in [6.45, 7) is 8.14. The molecule has 21 heavy (non-hydrogen) atoms. The molecule has 0 radical (unpaired) electrons. The van der Waals surface area contributed by atoms with Crippen molar-refractivity contribution in [2.75, 3.05) is 6.54 Å². The Labute approximate surface area is 134 Å². The Balaban J connectivity index is 2.06. The Kier molecular flexibility index (Phi) is 4.00. The molecule has 1 aromatic rings. The van der Waals surface area contributed by atoms with Crippen LogP contribution >= 0.6 is 23.4 Å². The first-order chi connectivity index (χ1) is 10.1. The van der Waals surface area contributed by atoms with Crippen LogP contribution in [-0.2, 0) is 12.0 Å². The first-order valence-corrected chi connectivity index (χ1v) is 8.31. The molecule has 1 saturated heterocycles. The van der Waals surface area contributed by atoms with Gasteiger partial charge in [-0.2, -0.15) is 0 Å². The highest BCUT2D eigenvalue weighted by atomic mass is 35.5. The summed E-state index contributed by atoms with van der Waals surface area (Å²) < 4.78 is 0. The van der Waals surface area contributed by atoms with E-state index in [4.69, 9.17) is 11.6 Å². The van der Waals surface area contributed by atoms with Crippen LogP contribution in [0.4, 0.5) is 0 Å². The van der Waals surface area contributed by atoms with E-state index in [-0.39, 0.29) is 11.2 Å². The Morgan fingerprint density at radius 1 is 1.43 bits per heavy atom. The van der Waals surface area contributed by atoms with E-state index in [1.54, 1.807) is 17.8 Å². The molecular weight excluding hydrogens is 302 g/mol. The molecule has 3 unspecified atom stereocenters. The topological polar surface area (TPSA) is 32.6 Å². The smallest absolute Gasteiger partial charge is 0.112 e. The molecule has 110 valence electrons. The maximum absolute atomic E-state index is 11.4. The Hall–Kier alpha value is -1.03. The zero-order chi connectivity index (χ0) is 15.0. The fourth-order valence-electron chi connectivity index (χ4n) is 3.36. The van der Waals surface area contributed by atoms with Crippen LogP contribution in [-0.4, -0.2) is 21.9 Å². The molecule has 1 aliphatic heterocycles. The highest BCUT2D eigenvalue weighted by molar-refractivity contribution is 8.15. The second-order valence-corrected chi connectivity index (χ2v) is 7.14. The average Bonchev–Trinajstić information content (AvgIpc) is 2.87. The third kappa shape index (κ3) is 2.28. The number of hydrogen-bond acceptors (Lipinski definition) is 3. The van der Waals surface area contributed by atoms with Crippen LogP contribution < -0.4 is 0 Å². The van der Waals surface area contributed by atoms with Gasteiger partial charge in [-0.15, -0.1) is 24.9 Å². The summed E-state index contributed by atoms with van der Waals surface area (Å²) in [6, 6.07) is 5.79. The second kappa shape index (κ2) is 5.64. The van der Waals surface area contributed by atoms with Crippen LogP contribution in [0.5, 0.6) is 0 Å². The van der Waals surface area contributed by atoms with Gasteiger partial charge in [-0.05, 0) is 36.1 Å². The van der Waals surface area contributed by atoms with E-state index in [0.717, 1.165) is 34.0 Å². The Bertz CT molecular complexity index is 627. The Morgan fingerprint density at radius 2 is 2.24 bits per heavy atom. The molecular formula is C17H18ClNOS. The number of hydrogen-bond donors (Lipinski definition) is 1. The molecule has 3 atom stereocenters. The lowest BCUT2D eigenvalue weighted by Gasteiger charge is -2.29. The van der Waals surface area contributed by atoms with Gasteiger partial charge in [0.05, 0.1) is 11.6 Å². The van der Waals surface area contributed by atoms with Crippen molar-refractivity contribution in [1.82, 2.24) is 0 Å². The number of allylic oxidation sites excluding steroid dienone is 1. The van der Waals surface area contributed by atoms with Gasteiger partial charge in [-0.3, -0.25) is 4.99 Å². The van der Waals surface area contributed by atoms with Gasteiger partial charge in [-0.25, -0.2) is 0 Å². The van der Waals surface area contributed by atoms with Gasteiger partial charge in [0.15, 0.2) is 0 Å². The number of benzene rings is 1. The average molecular weight is 320 g/mol. The summed E-state index contributed by atoms with van der Waals surface area (Å²) in [5.74, 6) is -0.0209. The standard InChI is InChI=1S/C17H18ClNOS/c1-3-5-14-16(19-8-4-2)21-15-10-11-9-12(18)6-7-13(11)17(14,15)20/h3-4,6-7,9,14-15,20H,1-2,5,8,10H2. The molecule has 1 aromatic carbocycles. The lowest BCUT2D eigenvalue weighted by molar-refractivity contribution is 0.0161. The summed E-state index contributed by atoms with van der Waals surface area (Å²) in [5, 5.41) is 13.3. The lowest BCUT2D eigenvalue weighted by atomic mass is 9.81. The minimum absolute atomic E-state index is 0.0209. The van der Waals surface area contributed by atoms with Gasteiger partial charge in [0, 0.05) is 16.2 Å². The fourth-order valence-corrected chi connectivity index (χ4v) is 5.17. The fraction of sp³-hybridized carbons (Fsp3) is 0.353. The lowest BCUT2D eigenvalue weighted by Crippen LogP contribution is -2.37. The number of rotatable bonds is 4. The molecule has 3 rings (SSSR count). The SMILES string of the molecule is C=CCN=C1SC2Cc3cc(Cl)ccc3C2(O)C1CC=C. The van der Waals surface area contributed by atoms with Crippen molar-refractivity contribution in [3.63, 3.8) is 0 Å². The molecule has 4 heteroatoms. The van der Waals surface area contributed by atoms with Crippen LogP contribution in [0.25, 0.3) is 0 Å². The van der Waals surface area contributed by atoms with Gasteiger partial charge < -0.3 is 5.11 Å². The van der Waals surface area contributed by atoms with Crippen LogP contribution in [0.3, 0.4) is 0 Å². The first-order valence-electron chi connectivity index (χ1n) is 7.05. The van der Waals surface area contributed by atoms with E-state index < -0.39 is 5.60 Å². The van der Waals surface area contributed by atoms with Gasteiger partial charge in [0.2, 0.25) is 0 Å². The van der Waals surface area contributed by atoms with Crippen LogP contribution in [0.2, 0.25) is 5.02 Å². The summed E-state index contributed by atoms with van der Waals surface area (Å²) in [5.41, 5.74) is 1.29. The number of fused-ring (bicyclic) bond motifs is 3. The van der Waals surface area contributed by atoms with E-state index in [9.17, 15) is 5.11 Å². The molecule has 2 nitrogen and oxygen atoms in total. The quantitative estimate of drug-likeness (QED) is 0.852. The van der Waals surface area contributed by atoms with Gasteiger partial charge in [0.1, 0.15) is 5.60 Å². The van der Waals surface area contributed by atoms with Gasteiger partial charge in [-0.1, -0.05) is 29.8 Å². The molecule has 0 saturated carbocycles. The maximum Gasteiger partial charge on any atom is 0.112 e. The van der Waals surface area contributed by atoms with Crippen molar-refractivity contribution in [3.05, 3.63) is 59.7 Å². The van der Waals surface area contributed by atoms with E-state index in [2.05, 4.69) is 18.2 Å². The summed E-state index contributed by atoms with van der Waals surface area (Å²) in [6.07, 6.45) is 5.20. The van der Waals surface area contributed by atoms with Crippen LogP contribution in [0.1, 0.15) is 17.5 Å². The van der Waals surface area contributed by atoms with Crippen molar-refractivity contribution < 1.29 is 5.11 Å². The predicted octanol–water partition coefficient (Wildman–Crippen LogP) is 3.98. The first kappa shape index (κ1) is 14.9. The molecule has 1 fully saturated rings. The van der Waals surface area contributed by atoms with Gasteiger partial charge >= 0.3 is 0 Å². The number of halogens is 1. The highest BCUT2D eigenvalue weighted by Gasteiger charge is 2.57. The van der Waals surface area contributed by atoms with Crippen molar-refractivity contribution in [2.45, 2.75) is 23.7 Å². The normalized spacial score (nSPS) is 32.0. The van der Waals surface area contributed by atoms with Crippen molar-refractivity contribution in [2.24, 2.45) is 10.9 Å². The largest absolute Gasteiger partial charge is 0.383 e. The van der Waals surface area contributed by atoms with Crippen molar-refractivity contribution in [3.8, 4) is 0 Å². The third-order valence-electron chi connectivity index (χ3n) is 4.27. The number of nitrogens with zero attached hydrogens (tertiary/aromatic N) is 1. The van der Waals surface area contributed by atoms with Crippen molar-refractivity contribution >= 4 is 28.4 Å². The van der Waals surface area contributed by atoms with Crippen LogP contribution in [0, 0.1) is 5.92 Å². The molecule has 0 spiro atoms. The summed E-state index contributed by atoms with van der Waals surface area (Å²) in [7, 11) is 0. The Morgan fingerprint density at radius 3 is 2.95 bits per heavy atom. The molecule has 0 amide bonds. The van der Waals surface area contributed by atoms with E-state index in [1.165, 1.54) is 0 Å². The minimum Gasteiger partial charge on any atom is -0.383 e. The maximum atomic E-state index is 11.4. The minimum atomic E-state index is -0.862. The highest BCUT2D eigenvalue weighted by Crippen LogP contribution is 2.56. The third-order valence-corrected chi connectivity index (χ3v) is 5.97. The van der Waals surface area contributed by atoms with E-state index >= 15 is 0 Å². The molecule has 2 aliphatic rings. The zero-order valence-electron chi connectivity index (χ0n) is 11.8. The second-order valence-electron chi connectivity index (χ2n) is 5.48. The number of aliphatic imine (C=N–C) groups is 1. The van der Waals surface area contributed by atoms with E-state index in [0.29, 0.717) is 6.54 Å².